The van der Waals surface area contributed by atoms with Crippen molar-refractivity contribution in [1.29, 1.82) is 0 Å². The molecule has 1 aromatic carbocycles. The normalized spacial score (nSPS) is 9.70. The quantitative estimate of drug-likeness (QED) is 0.850. The van der Waals surface area contributed by atoms with E-state index in [0.29, 0.717) is 12.1 Å². The third kappa shape index (κ3) is 3.67. The Balaban J connectivity index is 2.06. The zero-order chi connectivity index (χ0) is 14.4. The van der Waals surface area contributed by atoms with Gasteiger partial charge in [0.2, 0.25) is 0 Å². The molecule has 2 rings (SSSR count). The minimum atomic E-state index is -0.586. The van der Waals surface area contributed by atoms with Gasteiger partial charge in [-0.3, -0.25) is 4.79 Å². The molecule has 102 valence electrons. The molecule has 0 aliphatic rings. The number of rotatable bonds is 3. The van der Waals surface area contributed by atoms with Crippen LogP contribution in [0.1, 0.15) is 21.5 Å². The standard InChI is InChI=1S/C15H13FN2OS/c16-14-8-11(2-1-6-17)3-4-13(14)15(19)18-9-12-5-7-20-10-12/h3-5,7-8,10H,6,9,17H2,(H,18,19). The fraction of sp³-hybridized carbons (Fsp3) is 0.133. The monoisotopic (exact) mass is 288 g/mol. The summed E-state index contributed by atoms with van der Waals surface area (Å²) in [5.41, 5.74) is 6.76. The maximum atomic E-state index is 13.8. The minimum Gasteiger partial charge on any atom is -0.348 e. The molecule has 2 aromatic rings. The molecule has 0 atom stereocenters. The molecule has 3 nitrogen and oxygen atoms in total. The van der Waals surface area contributed by atoms with E-state index in [1.165, 1.54) is 12.1 Å². The van der Waals surface area contributed by atoms with Gasteiger partial charge in [-0.15, -0.1) is 0 Å². The van der Waals surface area contributed by atoms with Crippen LogP contribution in [0.4, 0.5) is 4.39 Å². The van der Waals surface area contributed by atoms with Gasteiger partial charge in [0.25, 0.3) is 5.91 Å². The molecule has 0 saturated heterocycles. The van der Waals surface area contributed by atoms with Gasteiger partial charge in [0.05, 0.1) is 12.1 Å². The van der Waals surface area contributed by atoms with Crippen molar-refractivity contribution in [3.8, 4) is 11.8 Å². The molecule has 0 bridgehead atoms. The van der Waals surface area contributed by atoms with E-state index in [1.807, 2.05) is 16.8 Å². The smallest absolute Gasteiger partial charge is 0.254 e. The Hall–Kier alpha value is -2.16. The zero-order valence-corrected chi connectivity index (χ0v) is 11.5. The Morgan fingerprint density at radius 3 is 2.90 bits per heavy atom. The third-order valence-corrected chi connectivity index (χ3v) is 3.31. The van der Waals surface area contributed by atoms with Crippen LogP contribution in [0.2, 0.25) is 0 Å². The Labute approximate surface area is 120 Å². The van der Waals surface area contributed by atoms with Gasteiger partial charge in [0.15, 0.2) is 0 Å². The Kier molecular flexibility index (Phi) is 4.88. The highest BCUT2D eigenvalue weighted by Gasteiger charge is 2.11. The lowest BCUT2D eigenvalue weighted by molar-refractivity contribution is 0.0947. The van der Waals surface area contributed by atoms with Crippen molar-refractivity contribution in [1.82, 2.24) is 5.32 Å². The van der Waals surface area contributed by atoms with Gasteiger partial charge < -0.3 is 11.1 Å². The fourth-order valence-corrected chi connectivity index (χ4v) is 2.27. The lowest BCUT2D eigenvalue weighted by atomic mass is 10.1. The molecule has 1 amide bonds. The summed E-state index contributed by atoms with van der Waals surface area (Å²) in [5.74, 6) is 4.33. The molecule has 1 heterocycles. The number of nitrogens with two attached hydrogens (primary N) is 1. The maximum Gasteiger partial charge on any atom is 0.254 e. The van der Waals surface area contributed by atoms with Gasteiger partial charge in [0.1, 0.15) is 5.82 Å². The summed E-state index contributed by atoms with van der Waals surface area (Å²) in [4.78, 5) is 11.9. The molecular formula is C15H13FN2OS. The summed E-state index contributed by atoms with van der Waals surface area (Å²) < 4.78 is 13.8. The molecule has 0 saturated carbocycles. The predicted octanol–water partition coefficient (Wildman–Crippen LogP) is 2.13. The highest BCUT2D eigenvalue weighted by atomic mass is 32.1. The van der Waals surface area contributed by atoms with Gasteiger partial charge in [-0.1, -0.05) is 11.8 Å². The van der Waals surface area contributed by atoms with Gasteiger partial charge in [-0.2, -0.15) is 11.3 Å². The van der Waals surface area contributed by atoms with Crippen molar-refractivity contribution in [3.05, 3.63) is 57.5 Å². The minimum absolute atomic E-state index is 0.0125. The molecular weight excluding hydrogens is 275 g/mol. The van der Waals surface area contributed by atoms with Crippen LogP contribution < -0.4 is 11.1 Å². The van der Waals surface area contributed by atoms with Crippen LogP contribution in [0.3, 0.4) is 0 Å². The number of carbonyl (C=O) groups excluding carboxylic acids is 1. The molecule has 0 radical (unpaired) electrons. The molecule has 3 N–H and O–H groups in total. The van der Waals surface area contributed by atoms with E-state index in [-0.39, 0.29) is 12.1 Å². The molecule has 20 heavy (non-hydrogen) atoms. The first-order valence-corrected chi connectivity index (χ1v) is 6.92. The highest BCUT2D eigenvalue weighted by molar-refractivity contribution is 7.07. The van der Waals surface area contributed by atoms with Crippen molar-refractivity contribution in [2.45, 2.75) is 6.54 Å². The van der Waals surface area contributed by atoms with Crippen LogP contribution in [-0.2, 0) is 6.54 Å². The maximum absolute atomic E-state index is 13.8. The number of carbonyl (C=O) groups is 1. The van der Waals surface area contributed by atoms with E-state index in [1.54, 1.807) is 17.4 Å². The van der Waals surface area contributed by atoms with Crippen LogP contribution in [0.15, 0.2) is 35.0 Å². The van der Waals surface area contributed by atoms with Crippen molar-refractivity contribution in [2.24, 2.45) is 5.73 Å². The molecule has 1 aromatic heterocycles. The second-order valence-corrected chi connectivity index (χ2v) is 4.79. The lowest BCUT2D eigenvalue weighted by Gasteiger charge is -2.05. The Bertz CT molecular complexity index is 656. The van der Waals surface area contributed by atoms with Crippen LogP contribution in [-0.4, -0.2) is 12.5 Å². The molecule has 0 aliphatic heterocycles. The summed E-state index contributed by atoms with van der Waals surface area (Å²) in [6, 6.07) is 6.18. The number of thiophene rings is 1. The van der Waals surface area contributed by atoms with E-state index in [2.05, 4.69) is 17.2 Å². The highest BCUT2D eigenvalue weighted by Crippen LogP contribution is 2.11. The van der Waals surface area contributed by atoms with Crippen LogP contribution in [0.25, 0.3) is 0 Å². The van der Waals surface area contributed by atoms with Crippen molar-refractivity contribution < 1.29 is 9.18 Å². The Morgan fingerprint density at radius 2 is 2.25 bits per heavy atom. The largest absolute Gasteiger partial charge is 0.348 e. The van der Waals surface area contributed by atoms with E-state index < -0.39 is 11.7 Å². The summed E-state index contributed by atoms with van der Waals surface area (Å²) in [6.07, 6.45) is 0. The van der Waals surface area contributed by atoms with Gasteiger partial charge in [-0.25, -0.2) is 4.39 Å². The van der Waals surface area contributed by atoms with Crippen LogP contribution in [0.5, 0.6) is 0 Å². The number of hydrogen-bond acceptors (Lipinski definition) is 3. The van der Waals surface area contributed by atoms with Crippen molar-refractivity contribution in [3.63, 3.8) is 0 Å². The SMILES string of the molecule is NCC#Cc1ccc(C(=O)NCc2ccsc2)c(F)c1. The molecule has 0 unspecified atom stereocenters. The van der Waals surface area contributed by atoms with E-state index in [9.17, 15) is 9.18 Å². The average Bonchev–Trinajstić information content (AvgIpc) is 2.96. The lowest BCUT2D eigenvalue weighted by Crippen LogP contribution is -2.23. The number of nitrogens with one attached hydrogen (secondary N) is 1. The van der Waals surface area contributed by atoms with Gasteiger partial charge in [-0.05, 0) is 40.6 Å². The number of amides is 1. The van der Waals surface area contributed by atoms with Gasteiger partial charge in [0, 0.05) is 12.1 Å². The second kappa shape index (κ2) is 6.85. The number of hydrogen-bond donors (Lipinski definition) is 2. The first-order chi connectivity index (χ1) is 9.70. The molecule has 0 spiro atoms. The summed E-state index contributed by atoms with van der Waals surface area (Å²) in [6.45, 7) is 0.598. The molecule has 5 heteroatoms. The Morgan fingerprint density at radius 1 is 1.40 bits per heavy atom. The van der Waals surface area contributed by atoms with E-state index in [0.717, 1.165) is 5.56 Å². The topological polar surface area (TPSA) is 55.1 Å². The molecule has 0 aliphatic carbocycles. The summed E-state index contributed by atoms with van der Waals surface area (Å²) in [5, 5.41) is 6.53. The first-order valence-electron chi connectivity index (χ1n) is 5.98. The third-order valence-electron chi connectivity index (χ3n) is 2.58. The predicted molar refractivity (Wildman–Crippen MR) is 77.8 cm³/mol. The molecule has 0 fully saturated rings. The first kappa shape index (κ1) is 14.3. The van der Waals surface area contributed by atoms with Gasteiger partial charge >= 0.3 is 0 Å². The van der Waals surface area contributed by atoms with Crippen LogP contribution >= 0.6 is 11.3 Å². The van der Waals surface area contributed by atoms with Crippen molar-refractivity contribution >= 4 is 17.2 Å². The summed E-state index contributed by atoms with van der Waals surface area (Å²) in [7, 11) is 0. The van der Waals surface area contributed by atoms with Crippen LogP contribution in [0, 0.1) is 17.7 Å². The fourth-order valence-electron chi connectivity index (χ4n) is 1.60. The zero-order valence-electron chi connectivity index (χ0n) is 10.7. The van der Waals surface area contributed by atoms with Crippen molar-refractivity contribution in [2.75, 3.05) is 6.54 Å². The average molecular weight is 288 g/mol. The van der Waals surface area contributed by atoms with E-state index in [4.69, 9.17) is 5.73 Å². The van der Waals surface area contributed by atoms with E-state index >= 15 is 0 Å². The summed E-state index contributed by atoms with van der Waals surface area (Å²) >= 11 is 1.55. The number of benzene rings is 1. The second-order valence-electron chi connectivity index (χ2n) is 4.01. The number of halogens is 1.